The summed E-state index contributed by atoms with van der Waals surface area (Å²) in [5.74, 6) is 0. The van der Waals surface area contributed by atoms with Gasteiger partial charge in [-0.15, -0.1) is 11.3 Å². The molecular formula is C10H19N3S. The normalized spacial score (nSPS) is 11.0. The van der Waals surface area contributed by atoms with Crippen LogP contribution in [0.15, 0.2) is 0 Å². The van der Waals surface area contributed by atoms with E-state index in [1.807, 2.05) is 6.92 Å². The Morgan fingerprint density at radius 3 is 2.50 bits per heavy atom. The lowest BCUT2D eigenvalue weighted by molar-refractivity contribution is 0.700. The molecule has 0 saturated carbocycles. The van der Waals surface area contributed by atoms with E-state index < -0.39 is 0 Å². The van der Waals surface area contributed by atoms with Gasteiger partial charge in [-0.1, -0.05) is 0 Å². The molecule has 1 aromatic heterocycles. The second kappa shape index (κ2) is 4.75. The molecule has 1 heterocycles. The highest BCUT2D eigenvalue weighted by atomic mass is 32.1. The Labute approximate surface area is 89.9 Å². The van der Waals surface area contributed by atoms with Crippen LogP contribution in [0.25, 0.3) is 0 Å². The molecular weight excluding hydrogens is 194 g/mol. The van der Waals surface area contributed by atoms with Gasteiger partial charge in [0.25, 0.3) is 0 Å². The molecule has 80 valence electrons. The summed E-state index contributed by atoms with van der Waals surface area (Å²) >= 11 is 1.71. The van der Waals surface area contributed by atoms with Gasteiger partial charge in [0.1, 0.15) is 0 Å². The minimum Gasteiger partial charge on any atom is -0.346 e. The number of nitrogens with two attached hydrogens (primary N) is 1. The predicted molar refractivity (Wildman–Crippen MR) is 62.9 cm³/mol. The van der Waals surface area contributed by atoms with Gasteiger partial charge in [0.2, 0.25) is 0 Å². The van der Waals surface area contributed by atoms with Crippen molar-refractivity contribution in [1.82, 2.24) is 4.98 Å². The maximum absolute atomic E-state index is 5.63. The summed E-state index contributed by atoms with van der Waals surface area (Å²) in [5.41, 5.74) is 6.71. The molecule has 0 atom stereocenters. The fourth-order valence-corrected chi connectivity index (χ4v) is 2.58. The molecule has 0 aromatic carbocycles. The van der Waals surface area contributed by atoms with Crippen LogP contribution in [-0.2, 0) is 6.54 Å². The quantitative estimate of drug-likeness (QED) is 0.833. The third-order valence-corrected chi connectivity index (χ3v) is 3.49. The molecule has 0 bridgehead atoms. The molecule has 2 N–H and O–H groups in total. The van der Waals surface area contributed by atoms with E-state index in [1.165, 1.54) is 4.88 Å². The maximum atomic E-state index is 5.63. The van der Waals surface area contributed by atoms with E-state index in [0.717, 1.165) is 17.4 Å². The van der Waals surface area contributed by atoms with Crippen molar-refractivity contribution in [2.75, 3.05) is 11.4 Å². The van der Waals surface area contributed by atoms with E-state index in [1.54, 1.807) is 11.3 Å². The lowest BCUT2D eigenvalue weighted by Crippen LogP contribution is -2.30. The van der Waals surface area contributed by atoms with E-state index in [4.69, 9.17) is 5.73 Å². The Morgan fingerprint density at radius 1 is 1.50 bits per heavy atom. The average Bonchev–Trinajstić information content (AvgIpc) is 2.47. The molecule has 0 aliphatic rings. The number of aromatic nitrogens is 1. The predicted octanol–water partition coefficient (Wildman–Crippen LogP) is 2.14. The molecule has 1 rings (SSSR count). The first-order valence-corrected chi connectivity index (χ1v) is 5.84. The van der Waals surface area contributed by atoms with E-state index in [2.05, 4.69) is 30.7 Å². The molecule has 0 aliphatic heterocycles. The van der Waals surface area contributed by atoms with Gasteiger partial charge in [-0.2, -0.15) is 0 Å². The number of hydrogen-bond donors (Lipinski definition) is 1. The summed E-state index contributed by atoms with van der Waals surface area (Å²) < 4.78 is 0. The van der Waals surface area contributed by atoms with Crippen molar-refractivity contribution < 1.29 is 0 Å². The van der Waals surface area contributed by atoms with Gasteiger partial charge < -0.3 is 10.6 Å². The first kappa shape index (κ1) is 11.5. The molecule has 0 fully saturated rings. The standard InChI is InChI=1S/C10H19N3S/c1-5-13(7(2)3)10-12-8(4)9(6-11)14-10/h7H,5-6,11H2,1-4H3. The monoisotopic (exact) mass is 213 g/mol. The van der Waals surface area contributed by atoms with E-state index >= 15 is 0 Å². The van der Waals surface area contributed by atoms with Crippen LogP contribution in [0, 0.1) is 6.92 Å². The first-order valence-electron chi connectivity index (χ1n) is 5.03. The second-order valence-electron chi connectivity index (χ2n) is 3.59. The largest absolute Gasteiger partial charge is 0.346 e. The molecule has 0 radical (unpaired) electrons. The van der Waals surface area contributed by atoms with Gasteiger partial charge in [-0.05, 0) is 27.7 Å². The Balaban J connectivity index is 2.93. The summed E-state index contributed by atoms with van der Waals surface area (Å²) in [6, 6.07) is 0.496. The van der Waals surface area contributed by atoms with Crippen LogP contribution in [0.1, 0.15) is 31.3 Å². The smallest absolute Gasteiger partial charge is 0.186 e. The second-order valence-corrected chi connectivity index (χ2v) is 4.65. The van der Waals surface area contributed by atoms with E-state index in [0.29, 0.717) is 12.6 Å². The van der Waals surface area contributed by atoms with Crippen LogP contribution in [0.2, 0.25) is 0 Å². The molecule has 0 aliphatic carbocycles. The zero-order valence-corrected chi connectivity index (χ0v) is 10.2. The van der Waals surface area contributed by atoms with Gasteiger partial charge >= 0.3 is 0 Å². The topological polar surface area (TPSA) is 42.2 Å². The molecule has 1 aromatic rings. The minimum atomic E-state index is 0.496. The van der Waals surface area contributed by atoms with Gasteiger partial charge in [0, 0.05) is 24.0 Å². The molecule has 14 heavy (non-hydrogen) atoms. The molecule has 3 nitrogen and oxygen atoms in total. The summed E-state index contributed by atoms with van der Waals surface area (Å²) in [7, 11) is 0. The number of aryl methyl sites for hydroxylation is 1. The Morgan fingerprint density at radius 2 is 2.14 bits per heavy atom. The lowest BCUT2D eigenvalue weighted by Gasteiger charge is -2.24. The van der Waals surface area contributed by atoms with Crippen molar-refractivity contribution in [1.29, 1.82) is 0 Å². The van der Waals surface area contributed by atoms with Crippen LogP contribution in [0.4, 0.5) is 5.13 Å². The minimum absolute atomic E-state index is 0.496. The van der Waals surface area contributed by atoms with Crippen molar-refractivity contribution in [3.8, 4) is 0 Å². The fourth-order valence-electron chi connectivity index (χ4n) is 1.45. The Bertz CT molecular complexity index is 294. The lowest BCUT2D eigenvalue weighted by atomic mass is 10.3. The van der Waals surface area contributed by atoms with Crippen LogP contribution in [0.5, 0.6) is 0 Å². The number of thiazole rings is 1. The van der Waals surface area contributed by atoms with Gasteiger partial charge in [-0.25, -0.2) is 4.98 Å². The van der Waals surface area contributed by atoms with Crippen molar-refractivity contribution in [3.05, 3.63) is 10.6 Å². The van der Waals surface area contributed by atoms with Gasteiger partial charge in [0.15, 0.2) is 5.13 Å². The molecule has 0 unspecified atom stereocenters. The number of rotatable bonds is 4. The highest BCUT2D eigenvalue weighted by Gasteiger charge is 2.14. The van der Waals surface area contributed by atoms with Crippen LogP contribution in [-0.4, -0.2) is 17.6 Å². The van der Waals surface area contributed by atoms with Crippen LogP contribution in [0.3, 0.4) is 0 Å². The third kappa shape index (κ3) is 2.25. The molecule has 4 heteroatoms. The summed E-state index contributed by atoms with van der Waals surface area (Å²) in [4.78, 5) is 8.02. The van der Waals surface area contributed by atoms with Crippen molar-refractivity contribution in [2.45, 2.75) is 40.3 Å². The molecule has 0 saturated heterocycles. The van der Waals surface area contributed by atoms with Gasteiger partial charge in [0.05, 0.1) is 5.69 Å². The van der Waals surface area contributed by atoms with Gasteiger partial charge in [-0.3, -0.25) is 0 Å². The Kier molecular flexibility index (Phi) is 3.89. The summed E-state index contributed by atoms with van der Waals surface area (Å²) in [5, 5.41) is 1.10. The highest BCUT2D eigenvalue weighted by Crippen LogP contribution is 2.26. The number of hydrogen-bond acceptors (Lipinski definition) is 4. The fraction of sp³-hybridized carbons (Fsp3) is 0.700. The van der Waals surface area contributed by atoms with Crippen LogP contribution >= 0.6 is 11.3 Å². The summed E-state index contributed by atoms with van der Waals surface area (Å²) in [6.45, 7) is 10.1. The zero-order chi connectivity index (χ0) is 10.7. The number of nitrogens with zero attached hydrogens (tertiary/aromatic N) is 2. The van der Waals surface area contributed by atoms with Crippen molar-refractivity contribution >= 4 is 16.5 Å². The maximum Gasteiger partial charge on any atom is 0.186 e. The molecule has 0 spiro atoms. The van der Waals surface area contributed by atoms with E-state index in [-0.39, 0.29) is 0 Å². The van der Waals surface area contributed by atoms with Crippen molar-refractivity contribution in [2.24, 2.45) is 5.73 Å². The summed E-state index contributed by atoms with van der Waals surface area (Å²) in [6.07, 6.45) is 0. The average molecular weight is 213 g/mol. The highest BCUT2D eigenvalue weighted by molar-refractivity contribution is 7.15. The molecule has 0 amide bonds. The third-order valence-electron chi connectivity index (χ3n) is 2.28. The Hall–Kier alpha value is -0.610. The SMILES string of the molecule is CCN(c1nc(C)c(CN)s1)C(C)C. The zero-order valence-electron chi connectivity index (χ0n) is 9.37. The van der Waals surface area contributed by atoms with Crippen molar-refractivity contribution in [3.63, 3.8) is 0 Å². The first-order chi connectivity index (χ1) is 6.60. The van der Waals surface area contributed by atoms with E-state index in [9.17, 15) is 0 Å². The van der Waals surface area contributed by atoms with Crippen LogP contribution < -0.4 is 10.6 Å². The number of anilines is 1.